The third kappa shape index (κ3) is 2.86. The number of amides is 1. The summed E-state index contributed by atoms with van der Waals surface area (Å²) in [6, 6.07) is 1.97. The average Bonchev–Trinajstić information content (AvgIpc) is 3.04. The molecule has 1 amide bonds. The van der Waals surface area contributed by atoms with Gasteiger partial charge in [-0.05, 0) is 33.0 Å². The standard InChI is InChI=1S/C14H24N4O2/c1-4-7-18-13(5-6-15-18)14(20)17-9-11(16(2)3)8-12(17)10-19/h5-6,11-12,19H,4,7-10H2,1-3H3/t11-,12+/m1/s1. The first-order valence-corrected chi connectivity index (χ1v) is 7.18. The maximum atomic E-state index is 12.7. The minimum absolute atomic E-state index is 0.0119. The summed E-state index contributed by atoms with van der Waals surface area (Å²) in [4.78, 5) is 16.6. The van der Waals surface area contributed by atoms with Crippen LogP contribution in [0.3, 0.4) is 0 Å². The van der Waals surface area contributed by atoms with Crippen LogP contribution >= 0.6 is 0 Å². The van der Waals surface area contributed by atoms with E-state index in [1.54, 1.807) is 21.8 Å². The molecule has 112 valence electrons. The summed E-state index contributed by atoms with van der Waals surface area (Å²) in [7, 11) is 4.02. The number of aliphatic hydroxyl groups is 1. The smallest absolute Gasteiger partial charge is 0.272 e. The first-order valence-electron chi connectivity index (χ1n) is 7.18. The molecule has 0 bridgehead atoms. The number of hydrogen-bond acceptors (Lipinski definition) is 4. The van der Waals surface area contributed by atoms with Crippen LogP contribution in [0.15, 0.2) is 12.3 Å². The Kier molecular flexibility index (Phi) is 4.77. The van der Waals surface area contributed by atoms with Crippen molar-refractivity contribution in [1.82, 2.24) is 19.6 Å². The molecular weight excluding hydrogens is 256 g/mol. The number of likely N-dealkylation sites (N-methyl/N-ethyl adjacent to an activating group) is 1. The van der Waals surface area contributed by atoms with Gasteiger partial charge >= 0.3 is 0 Å². The Labute approximate surface area is 120 Å². The Morgan fingerprint density at radius 3 is 2.90 bits per heavy atom. The largest absolute Gasteiger partial charge is 0.394 e. The van der Waals surface area contributed by atoms with Crippen LogP contribution < -0.4 is 0 Å². The molecule has 0 saturated carbocycles. The van der Waals surface area contributed by atoms with E-state index in [4.69, 9.17) is 0 Å². The van der Waals surface area contributed by atoms with Gasteiger partial charge in [-0.1, -0.05) is 6.92 Å². The molecule has 2 atom stereocenters. The molecule has 1 fully saturated rings. The van der Waals surface area contributed by atoms with Gasteiger partial charge in [0.15, 0.2) is 0 Å². The molecule has 0 spiro atoms. The highest BCUT2D eigenvalue weighted by atomic mass is 16.3. The molecule has 2 rings (SSSR count). The summed E-state index contributed by atoms with van der Waals surface area (Å²) >= 11 is 0. The monoisotopic (exact) mass is 280 g/mol. The van der Waals surface area contributed by atoms with E-state index >= 15 is 0 Å². The number of nitrogens with zero attached hydrogens (tertiary/aromatic N) is 4. The van der Waals surface area contributed by atoms with E-state index < -0.39 is 0 Å². The molecule has 2 heterocycles. The lowest BCUT2D eigenvalue weighted by atomic mass is 10.1. The quantitative estimate of drug-likeness (QED) is 0.849. The number of aliphatic hydroxyl groups excluding tert-OH is 1. The van der Waals surface area contributed by atoms with Crippen LogP contribution in [0, 0.1) is 0 Å². The van der Waals surface area contributed by atoms with Crippen LogP contribution in [0.2, 0.25) is 0 Å². The Balaban J connectivity index is 2.17. The highest BCUT2D eigenvalue weighted by Gasteiger charge is 2.36. The predicted octanol–water partition coefficient (Wildman–Crippen LogP) is 0.430. The van der Waals surface area contributed by atoms with E-state index in [1.165, 1.54) is 0 Å². The van der Waals surface area contributed by atoms with Crippen molar-refractivity contribution in [1.29, 1.82) is 0 Å². The molecule has 20 heavy (non-hydrogen) atoms. The summed E-state index contributed by atoms with van der Waals surface area (Å²) in [5, 5.41) is 13.7. The Hall–Kier alpha value is -1.40. The second kappa shape index (κ2) is 6.37. The molecule has 1 aromatic heterocycles. The molecule has 6 nitrogen and oxygen atoms in total. The summed E-state index contributed by atoms with van der Waals surface area (Å²) in [5.74, 6) is -0.0284. The number of aromatic nitrogens is 2. The van der Waals surface area contributed by atoms with Gasteiger partial charge in [0.25, 0.3) is 5.91 Å². The van der Waals surface area contributed by atoms with Gasteiger partial charge in [-0.25, -0.2) is 0 Å². The third-order valence-electron chi connectivity index (χ3n) is 3.97. The number of rotatable bonds is 5. The third-order valence-corrected chi connectivity index (χ3v) is 3.97. The molecule has 1 aliphatic heterocycles. The maximum Gasteiger partial charge on any atom is 0.272 e. The Morgan fingerprint density at radius 2 is 2.30 bits per heavy atom. The van der Waals surface area contributed by atoms with Gasteiger partial charge in [-0.15, -0.1) is 0 Å². The van der Waals surface area contributed by atoms with Gasteiger partial charge < -0.3 is 14.9 Å². The SMILES string of the molecule is CCCn1nccc1C(=O)N1C[C@H](N(C)C)C[C@H]1CO. The first kappa shape index (κ1) is 15.0. The second-order valence-electron chi connectivity index (χ2n) is 5.59. The highest BCUT2D eigenvalue weighted by Crippen LogP contribution is 2.22. The number of likely N-dealkylation sites (tertiary alicyclic amines) is 1. The fraction of sp³-hybridized carbons (Fsp3) is 0.714. The zero-order valence-electron chi connectivity index (χ0n) is 12.5. The van der Waals surface area contributed by atoms with Crippen molar-refractivity contribution >= 4 is 5.91 Å². The fourth-order valence-electron chi connectivity index (χ4n) is 2.74. The lowest BCUT2D eigenvalue weighted by Gasteiger charge is -2.23. The fourth-order valence-corrected chi connectivity index (χ4v) is 2.74. The maximum absolute atomic E-state index is 12.7. The van der Waals surface area contributed by atoms with E-state index in [-0.39, 0.29) is 18.6 Å². The zero-order chi connectivity index (χ0) is 14.7. The zero-order valence-corrected chi connectivity index (χ0v) is 12.5. The summed E-state index contributed by atoms with van der Waals surface area (Å²) in [6.07, 6.45) is 3.42. The van der Waals surface area contributed by atoms with Crippen LogP contribution in [-0.2, 0) is 6.54 Å². The molecular formula is C14H24N4O2. The second-order valence-corrected chi connectivity index (χ2v) is 5.59. The predicted molar refractivity (Wildman–Crippen MR) is 76.5 cm³/mol. The topological polar surface area (TPSA) is 61.6 Å². The molecule has 1 aromatic rings. The normalized spacial score (nSPS) is 22.8. The van der Waals surface area contributed by atoms with Gasteiger partial charge in [-0.3, -0.25) is 9.48 Å². The molecule has 0 aromatic carbocycles. The van der Waals surface area contributed by atoms with Gasteiger partial charge in [0.05, 0.1) is 12.6 Å². The van der Waals surface area contributed by atoms with Crippen molar-refractivity contribution in [2.24, 2.45) is 0 Å². The van der Waals surface area contributed by atoms with Crippen LogP contribution in [0.25, 0.3) is 0 Å². The van der Waals surface area contributed by atoms with Crippen molar-refractivity contribution in [3.8, 4) is 0 Å². The number of carbonyl (C=O) groups excluding carboxylic acids is 1. The van der Waals surface area contributed by atoms with Crippen molar-refractivity contribution in [3.05, 3.63) is 18.0 Å². The summed E-state index contributed by atoms with van der Waals surface area (Å²) in [6.45, 7) is 3.47. The van der Waals surface area contributed by atoms with Gasteiger partial charge in [0, 0.05) is 25.3 Å². The van der Waals surface area contributed by atoms with E-state index in [2.05, 4.69) is 16.9 Å². The van der Waals surface area contributed by atoms with E-state index in [0.717, 1.165) is 19.4 Å². The minimum atomic E-state index is -0.0973. The van der Waals surface area contributed by atoms with E-state index in [1.807, 2.05) is 14.1 Å². The molecule has 0 unspecified atom stereocenters. The van der Waals surface area contributed by atoms with Crippen LogP contribution in [0.1, 0.15) is 30.3 Å². The first-order chi connectivity index (χ1) is 9.58. The molecule has 0 radical (unpaired) electrons. The van der Waals surface area contributed by atoms with E-state index in [9.17, 15) is 9.90 Å². The number of hydrogen-bond donors (Lipinski definition) is 1. The van der Waals surface area contributed by atoms with Crippen molar-refractivity contribution in [2.45, 2.75) is 38.4 Å². The highest BCUT2D eigenvalue weighted by molar-refractivity contribution is 5.93. The van der Waals surface area contributed by atoms with Crippen LogP contribution in [0.5, 0.6) is 0 Å². The molecule has 0 aliphatic carbocycles. The van der Waals surface area contributed by atoms with Gasteiger partial charge in [-0.2, -0.15) is 5.10 Å². The Morgan fingerprint density at radius 1 is 1.55 bits per heavy atom. The molecule has 1 aliphatic rings. The lowest BCUT2D eigenvalue weighted by molar-refractivity contribution is 0.0660. The molecule has 1 N–H and O–H groups in total. The molecule has 6 heteroatoms. The number of aryl methyl sites for hydroxylation is 1. The molecule has 1 saturated heterocycles. The van der Waals surface area contributed by atoms with Crippen molar-refractivity contribution in [3.63, 3.8) is 0 Å². The van der Waals surface area contributed by atoms with Gasteiger partial charge in [0.2, 0.25) is 0 Å². The van der Waals surface area contributed by atoms with Crippen LogP contribution in [-0.4, -0.2) is 69.9 Å². The Bertz CT molecular complexity index is 458. The van der Waals surface area contributed by atoms with Crippen molar-refractivity contribution < 1.29 is 9.90 Å². The van der Waals surface area contributed by atoms with Crippen molar-refractivity contribution in [2.75, 3.05) is 27.2 Å². The summed E-state index contributed by atoms with van der Waals surface area (Å²) < 4.78 is 1.75. The summed E-state index contributed by atoms with van der Waals surface area (Å²) in [5.41, 5.74) is 0.615. The lowest BCUT2D eigenvalue weighted by Crippen LogP contribution is -2.39. The number of carbonyl (C=O) groups is 1. The average molecular weight is 280 g/mol. The van der Waals surface area contributed by atoms with E-state index in [0.29, 0.717) is 18.3 Å². The van der Waals surface area contributed by atoms with Crippen LogP contribution in [0.4, 0.5) is 0 Å². The minimum Gasteiger partial charge on any atom is -0.394 e. The van der Waals surface area contributed by atoms with Gasteiger partial charge in [0.1, 0.15) is 5.69 Å².